The lowest BCUT2D eigenvalue weighted by atomic mass is 9.70. The molecule has 4 rings (SSSR count). The molecular formula is C19H14Cl4O4. The van der Waals surface area contributed by atoms with Crippen molar-refractivity contribution < 1.29 is 19.1 Å². The minimum atomic E-state index is -1.78. The summed E-state index contributed by atoms with van der Waals surface area (Å²) < 4.78 is 11.2. The Balaban J connectivity index is 1.98. The van der Waals surface area contributed by atoms with Gasteiger partial charge in [-0.25, -0.2) is 0 Å². The fourth-order valence-corrected chi connectivity index (χ4v) is 6.88. The van der Waals surface area contributed by atoms with Crippen LogP contribution in [0.5, 0.6) is 0 Å². The molecule has 1 saturated carbocycles. The first-order valence-electron chi connectivity index (χ1n) is 8.11. The summed E-state index contributed by atoms with van der Waals surface area (Å²) in [6, 6.07) is 8.85. The Labute approximate surface area is 176 Å². The van der Waals surface area contributed by atoms with E-state index in [4.69, 9.17) is 55.9 Å². The molecule has 1 fully saturated rings. The van der Waals surface area contributed by atoms with Gasteiger partial charge in [-0.1, -0.05) is 53.5 Å². The third-order valence-electron chi connectivity index (χ3n) is 5.78. The summed E-state index contributed by atoms with van der Waals surface area (Å²) in [6.07, 6.45) is 1.29. The molecule has 3 aliphatic carbocycles. The molecule has 0 saturated heterocycles. The Morgan fingerprint density at radius 3 is 1.93 bits per heavy atom. The summed E-state index contributed by atoms with van der Waals surface area (Å²) in [6.45, 7) is 0. The lowest BCUT2D eigenvalue weighted by molar-refractivity contribution is -0.220. The number of Topliss-reactive ketones (excluding diaryl/α,β-unsaturated/α-hetero) is 1. The molecule has 0 amide bonds. The second kappa shape index (κ2) is 6.06. The number of carbonyl (C=O) groups is 2. The molecule has 0 spiro atoms. The maximum Gasteiger partial charge on any atom is 0.218 e. The van der Waals surface area contributed by atoms with Gasteiger partial charge >= 0.3 is 0 Å². The van der Waals surface area contributed by atoms with Crippen molar-refractivity contribution in [3.63, 3.8) is 0 Å². The van der Waals surface area contributed by atoms with Crippen LogP contribution in [0, 0.1) is 11.8 Å². The van der Waals surface area contributed by atoms with Crippen molar-refractivity contribution in [1.29, 1.82) is 0 Å². The molecule has 1 aromatic rings. The second-order valence-corrected chi connectivity index (χ2v) is 8.67. The van der Waals surface area contributed by atoms with E-state index in [9.17, 15) is 9.59 Å². The van der Waals surface area contributed by atoms with E-state index in [-0.39, 0.29) is 27.2 Å². The van der Waals surface area contributed by atoms with Crippen LogP contribution in [0.3, 0.4) is 0 Å². The average molecular weight is 448 g/mol. The quantitative estimate of drug-likeness (QED) is 0.516. The number of carbonyl (C=O) groups excluding carboxylic acids is 2. The summed E-state index contributed by atoms with van der Waals surface area (Å²) in [4.78, 5) is 23.1. The fourth-order valence-electron chi connectivity index (χ4n) is 4.70. The summed E-state index contributed by atoms with van der Waals surface area (Å²) in [7, 11) is 2.66. The number of halogens is 4. The van der Waals surface area contributed by atoms with Gasteiger partial charge in [0.15, 0.2) is 11.6 Å². The van der Waals surface area contributed by atoms with Gasteiger partial charge in [-0.2, -0.15) is 0 Å². The molecule has 0 N–H and O–H groups in total. The zero-order valence-electron chi connectivity index (χ0n) is 14.3. The molecule has 1 aromatic carbocycles. The van der Waals surface area contributed by atoms with Gasteiger partial charge in [0.25, 0.3) is 0 Å². The van der Waals surface area contributed by atoms with Gasteiger partial charge in [0.05, 0.1) is 21.9 Å². The summed E-state index contributed by atoms with van der Waals surface area (Å²) in [5.41, 5.74) is 0.851. The maximum absolute atomic E-state index is 13.5. The number of rotatable bonds is 3. The van der Waals surface area contributed by atoms with Crippen LogP contribution >= 0.6 is 46.4 Å². The Morgan fingerprint density at radius 1 is 0.889 bits per heavy atom. The zero-order valence-corrected chi connectivity index (χ0v) is 17.3. The van der Waals surface area contributed by atoms with Crippen LogP contribution in [-0.2, 0) is 19.1 Å². The van der Waals surface area contributed by atoms with Gasteiger partial charge in [0.2, 0.25) is 5.79 Å². The van der Waals surface area contributed by atoms with Gasteiger partial charge in [0.1, 0.15) is 9.75 Å². The van der Waals surface area contributed by atoms with Crippen LogP contribution in [0.15, 0.2) is 46.5 Å². The molecule has 27 heavy (non-hydrogen) atoms. The zero-order chi connectivity index (χ0) is 19.8. The van der Waals surface area contributed by atoms with Gasteiger partial charge in [-0.15, -0.1) is 23.2 Å². The highest BCUT2D eigenvalue weighted by atomic mass is 35.5. The van der Waals surface area contributed by atoms with Crippen LogP contribution < -0.4 is 0 Å². The standard InChI is InChI=1S/C19H14Cl4O4/c1-26-19(27-2)17(22)12-11(24)8-10(9-6-4-3-5-7-9)14(25)13(12)18(19,23)16(21)15(17)20/h3-8,12-13H,1-2H3/t12-,13+,17+,18-/m0/s1. The lowest BCUT2D eigenvalue weighted by Gasteiger charge is -2.41. The summed E-state index contributed by atoms with van der Waals surface area (Å²) >= 11 is 26.7. The number of hydrogen-bond donors (Lipinski definition) is 0. The minimum Gasteiger partial charge on any atom is -0.350 e. The third kappa shape index (κ3) is 1.94. The second-order valence-electron chi connectivity index (χ2n) is 6.72. The van der Waals surface area contributed by atoms with E-state index in [0.29, 0.717) is 5.56 Å². The van der Waals surface area contributed by atoms with Crippen LogP contribution in [0.25, 0.3) is 5.57 Å². The topological polar surface area (TPSA) is 52.6 Å². The monoisotopic (exact) mass is 446 g/mol. The Hall–Kier alpha value is -0.880. The molecule has 3 aliphatic rings. The number of alkyl halides is 2. The van der Waals surface area contributed by atoms with Crippen molar-refractivity contribution in [3.8, 4) is 0 Å². The predicted octanol–water partition coefficient (Wildman–Crippen LogP) is 4.11. The van der Waals surface area contributed by atoms with Crippen LogP contribution in [-0.4, -0.2) is 41.3 Å². The average Bonchev–Trinajstić information content (AvgIpc) is 2.94. The van der Waals surface area contributed by atoms with Gasteiger partial charge in [-0.3, -0.25) is 9.59 Å². The Kier molecular flexibility index (Phi) is 4.36. The molecule has 4 nitrogen and oxygen atoms in total. The number of benzene rings is 1. The van der Waals surface area contributed by atoms with E-state index in [1.54, 1.807) is 24.3 Å². The third-order valence-corrected chi connectivity index (χ3v) is 8.39. The number of ether oxygens (including phenoxy) is 2. The minimum absolute atomic E-state index is 0.0384. The molecule has 142 valence electrons. The van der Waals surface area contributed by atoms with Crippen LogP contribution in [0.1, 0.15) is 5.56 Å². The smallest absolute Gasteiger partial charge is 0.218 e. The highest BCUT2D eigenvalue weighted by Gasteiger charge is 2.87. The summed E-state index contributed by atoms with van der Waals surface area (Å²) in [5, 5.41) is -0.0789. The number of hydrogen-bond acceptors (Lipinski definition) is 4. The molecule has 0 radical (unpaired) electrons. The highest BCUT2D eigenvalue weighted by Crippen LogP contribution is 2.75. The lowest BCUT2D eigenvalue weighted by Crippen LogP contribution is -2.58. The predicted molar refractivity (Wildman–Crippen MR) is 104 cm³/mol. The van der Waals surface area contributed by atoms with Gasteiger partial charge < -0.3 is 9.47 Å². The van der Waals surface area contributed by atoms with E-state index in [2.05, 4.69) is 0 Å². The first-order valence-corrected chi connectivity index (χ1v) is 9.63. The molecule has 0 heterocycles. The van der Waals surface area contributed by atoms with Crippen molar-refractivity contribution in [3.05, 3.63) is 52.0 Å². The van der Waals surface area contributed by atoms with Crippen molar-refractivity contribution >= 4 is 63.5 Å². The van der Waals surface area contributed by atoms with Crippen molar-refractivity contribution in [2.75, 3.05) is 14.2 Å². The molecule has 0 unspecified atom stereocenters. The first-order chi connectivity index (χ1) is 12.7. The molecule has 2 bridgehead atoms. The van der Waals surface area contributed by atoms with E-state index in [1.807, 2.05) is 6.07 Å². The molecule has 0 aliphatic heterocycles. The first kappa shape index (κ1) is 19.4. The van der Waals surface area contributed by atoms with Crippen molar-refractivity contribution in [2.45, 2.75) is 15.5 Å². The fraction of sp³-hybridized carbons (Fsp3) is 0.368. The number of ketones is 2. The van der Waals surface area contributed by atoms with Crippen LogP contribution in [0.2, 0.25) is 0 Å². The molecular weight excluding hydrogens is 434 g/mol. The Morgan fingerprint density at radius 2 is 1.41 bits per heavy atom. The molecule has 4 atom stereocenters. The highest BCUT2D eigenvalue weighted by molar-refractivity contribution is 6.54. The SMILES string of the molecule is COC1(OC)[C@@]2(Cl)C(Cl)=C(Cl)[C@]1(Cl)[C@H]1C(=O)C=C(c3ccccc3)C(=O)[C@@H]12. The maximum atomic E-state index is 13.5. The number of allylic oxidation sites excluding steroid dienone is 2. The van der Waals surface area contributed by atoms with E-state index in [1.165, 1.54) is 20.3 Å². The van der Waals surface area contributed by atoms with Gasteiger partial charge in [0, 0.05) is 19.8 Å². The Bertz CT molecular complexity index is 921. The van der Waals surface area contributed by atoms with Crippen molar-refractivity contribution in [2.24, 2.45) is 11.8 Å². The van der Waals surface area contributed by atoms with Gasteiger partial charge in [-0.05, 0) is 11.6 Å². The van der Waals surface area contributed by atoms with E-state index >= 15 is 0 Å². The molecule has 8 heteroatoms. The molecule has 0 aromatic heterocycles. The van der Waals surface area contributed by atoms with E-state index in [0.717, 1.165) is 0 Å². The largest absolute Gasteiger partial charge is 0.350 e. The van der Waals surface area contributed by atoms with Crippen LogP contribution in [0.4, 0.5) is 0 Å². The van der Waals surface area contributed by atoms with Crippen molar-refractivity contribution in [1.82, 2.24) is 0 Å². The normalized spacial score (nSPS) is 36.9. The van der Waals surface area contributed by atoms with E-state index < -0.39 is 27.4 Å². The summed E-state index contributed by atoms with van der Waals surface area (Å²) in [5.74, 6) is -4.66. The number of fused-ring (bicyclic) bond motifs is 5. The number of methoxy groups -OCH3 is 2.